The maximum atomic E-state index is 12.4. The number of thiazole rings is 1. The van der Waals surface area contributed by atoms with Gasteiger partial charge in [0.15, 0.2) is 4.34 Å². The van der Waals surface area contributed by atoms with Crippen molar-refractivity contribution in [1.82, 2.24) is 15.2 Å². The van der Waals surface area contributed by atoms with Crippen LogP contribution in [0, 0.1) is 13.8 Å². The van der Waals surface area contributed by atoms with Gasteiger partial charge in [0, 0.05) is 16.2 Å². The first-order chi connectivity index (χ1) is 12.5. The summed E-state index contributed by atoms with van der Waals surface area (Å²) >= 11 is 4.46. The monoisotopic (exact) mass is 402 g/mol. The van der Waals surface area contributed by atoms with Gasteiger partial charge in [-0.3, -0.25) is 4.79 Å². The highest BCUT2D eigenvalue weighted by Crippen LogP contribution is 2.30. The van der Waals surface area contributed by atoms with E-state index in [0.29, 0.717) is 5.13 Å². The van der Waals surface area contributed by atoms with Crippen molar-refractivity contribution < 1.29 is 4.79 Å². The number of benzene rings is 1. The SMILES string of the molecule is C=CCSc1nnc(NC(=O)Cc2sc(C)nc2-c2ccc(C)cc2)s1. The van der Waals surface area contributed by atoms with Crippen molar-refractivity contribution in [3.63, 3.8) is 0 Å². The van der Waals surface area contributed by atoms with Crippen LogP contribution >= 0.6 is 34.4 Å². The molecule has 0 unspecified atom stereocenters. The molecule has 0 aliphatic carbocycles. The molecule has 3 rings (SSSR count). The normalized spacial score (nSPS) is 10.7. The quantitative estimate of drug-likeness (QED) is 0.351. The number of nitrogens with zero attached hydrogens (tertiary/aromatic N) is 3. The fourth-order valence-electron chi connectivity index (χ4n) is 2.28. The predicted molar refractivity (Wildman–Crippen MR) is 110 cm³/mol. The minimum Gasteiger partial charge on any atom is -0.300 e. The van der Waals surface area contributed by atoms with Gasteiger partial charge in [0.1, 0.15) is 0 Å². The summed E-state index contributed by atoms with van der Waals surface area (Å²) in [6, 6.07) is 8.19. The first-order valence-electron chi connectivity index (χ1n) is 7.95. The van der Waals surface area contributed by atoms with Crippen LogP contribution in [0.25, 0.3) is 11.3 Å². The van der Waals surface area contributed by atoms with E-state index in [9.17, 15) is 4.79 Å². The predicted octanol–water partition coefficient (Wildman–Crippen LogP) is 4.74. The Balaban J connectivity index is 1.70. The topological polar surface area (TPSA) is 67.8 Å². The Morgan fingerprint density at radius 3 is 2.73 bits per heavy atom. The number of carbonyl (C=O) groups excluding carboxylic acids is 1. The Morgan fingerprint density at radius 1 is 1.23 bits per heavy atom. The van der Waals surface area contributed by atoms with E-state index in [1.807, 2.05) is 32.1 Å². The number of thioether (sulfide) groups is 1. The molecule has 0 fully saturated rings. The molecular weight excluding hydrogens is 384 g/mol. The van der Waals surface area contributed by atoms with E-state index in [2.05, 4.69) is 39.2 Å². The van der Waals surface area contributed by atoms with Gasteiger partial charge in [0.2, 0.25) is 11.0 Å². The molecule has 0 radical (unpaired) electrons. The van der Waals surface area contributed by atoms with E-state index >= 15 is 0 Å². The lowest BCUT2D eigenvalue weighted by Gasteiger charge is -2.03. The summed E-state index contributed by atoms with van der Waals surface area (Å²) in [4.78, 5) is 18.0. The van der Waals surface area contributed by atoms with Crippen LogP contribution in [0.4, 0.5) is 5.13 Å². The second kappa shape index (κ2) is 8.57. The Labute approximate surface area is 164 Å². The number of hydrogen-bond donors (Lipinski definition) is 1. The second-order valence-corrected chi connectivity index (χ2v) is 9.10. The zero-order chi connectivity index (χ0) is 18.5. The van der Waals surface area contributed by atoms with Gasteiger partial charge in [-0.1, -0.05) is 59.0 Å². The summed E-state index contributed by atoms with van der Waals surface area (Å²) in [5, 5.41) is 12.4. The van der Waals surface area contributed by atoms with Gasteiger partial charge in [-0.2, -0.15) is 0 Å². The standard InChI is InChI=1S/C18H18N4OS3/c1-4-9-24-18-22-21-17(26-18)20-15(23)10-14-16(19-12(3)25-14)13-7-5-11(2)6-8-13/h4-8H,1,9-10H2,2-3H3,(H,20,21,23). The minimum atomic E-state index is -0.113. The Bertz CT molecular complexity index is 915. The van der Waals surface area contributed by atoms with Crippen LogP contribution in [0.15, 0.2) is 41.3 Å². The number of carbonyl (C=O) groups is 1. The average Bonchev–Trinajstić information content (AvgIpc) is 3.20. The summed E-state index contributed by atoms with van der Waals surface area (Å²) in [7, 11) is 0. The number of hydrogen-bond acceptors (Lipinski definition) is 7. The first-order valence-corrected chi connectivity index (χ1v) is 10.6. The molecule has 134 valence electrons. The largest absolute Gasteiger partial charge is 0.300 e. The van der Waals surface area contributed by atoms with Crippen molar-refractivity contribution in [3.05, 3.63) is 52.4 Å². The number of amides is 1. The minimum absolute atomic E-state index is 0.113. The molecule has 3 aromatic rings. The van der Waals surface area contributed by atoms with Crippen molar-refractivity contribution >= 4 is 45.5 Å². The van der Waals surface area contributed by atoms with Gasteiger partial charge in [-0.25, -0.2) is 4.98 Å². The maximum Gasteiger partial charge on any atom is 0.231 e. The third-order valence-corrected chi connectivity index (χ3v) is 6.37. The van der Waals surface area contributed by atoms with Gasteiger partial charge in [-0.15, -0.1) is 28.1 Å². The highest BCUT2D eigenvalue weighted by molar-refractivity contribution is 8.01. The van der Waals surface area contributed by atoms with Crippen LogP contribution in [0.1, 0.15) is 15.4 Å². The zero-order valence-corrected chi connectivity index (χ0v) is 16.9. The van der Waals surface area contributed by atoms with Crippen molar-refractivity contribution in [2.75, 3.05) is 11.1 Å². The molecule has 26 heavy (non-hydrogen) atoms. The third kappa shape index (κ3) is 4.78. The van der Waals surface area contributed by atoms with Gasteiger partial charge in [0.25, 0.3) is 0 Å². The van der Waals surface area contributed by atoms with Gasteiger partial charge < -0.3 is 5.32 Å². The smallest absolute Gasteiger partial charge is 0.231 e. The molecule has 0 spiro atoms. The van der Waals surface area contributed by atoms with Crippen molar-refractivity contribution in [2.45, 2.75) is 24.6 Å². The Morgan fingerprint density at radius 2 is 2.00 bits per heavy atom. The van der Waals surface area contributed by atoms with Crippen LogP contribution in [-0.4, -0.2) is 26.8 Å². The fourth-order valence-corrected chi connectivity index (χ4v) is 4.77. The number of aromatic nitrogens is 3. The molecule has 2 aromatic heterocycles. The van der Waals surface area contributed by atoms with E-state index in [0.717, 1.165) is 31.2 Å². The number of nitrogens with one attached hydrogen (secondary N) is 1. The van der Waals surface area contributed by atoms with E-state index in [4.69, 9.17) is 0 Å². The zero-order valence-electron chi connectivity index (χ0n) is 14.5. The average molecular weight is 403 g/mol. The Kier molecular flexibility index (Phi) is 6.18. The number of rotatable bonds is 7. The molecule has 0 bridgehead atoms. The van der Waals surface area contributed by atoms with Crippen LogP contribution in [-0.2, 0) is 11.2 Å². The van der Waals surface area contributed by atoms with E-state index in [-0.39, 0.29) is 12.3 Å². The second-order valence-electron chi connectivity index (χ2n) is 5.57. The number of anilines is 1. The summed E-state index contributed by atoms with van der Waals surface area (Å²) in [6.07, 6.45) is 2.08. The molecule has 1 amide bonds. The van der Waals surface area contributed by atoms with E-state index < -0.39 is 0 Å². The van der Waals surface area contributed by atoms with E-state index in [1.165, 1.54) is 16.9 Å². The molecule has 0 saturated heterocycles. The Hall–Kier alpha value is -2.03. The lowest BCUT2D eigenvalue weighted by molar-refractivity contribution is -0.115. The molecule has 1 N–H and O–H groups in total. The molecule has 0 saturated carbocycles. The van der Waals surface area contributed by atoms with Crippen molar-refractivity contribution in [3.8, 4) is 11.3 Å². The van der Waals surface area contributed by atoms with Crippen LogP contribution in [0.3, 0.4) is 0 Å². The first kappa shape index (κ1) is 18.8. The van der Waals surface area contributed by atoms with Crippen molar-refractivity contribution in [1.29, 1.82) is 0 Å². The molecular formula is C18H18N4OS3. The fraction of sp³-hybridized carbons (Fsp3) is 0.222. The van der Waals surface area contributed by atoms with Gasteiger partial charge in [-0.05, 0) is 13.8 Å². The summed E-state index contributed by atoms with van der Waals surface area (Å²) in [5.41, 5.74) is 3.10. The van der Waals surface area contributed by atoms with Gasteiger partial charge in [0.05, 0.1) is 17.1 Å². The van der Waals surface area contributed by atoms with Crippen molar-refractivity contribution in [2.24, 2.45) is 0 Å². The van der Waals surface area contributed by atoms with Gasteiger partial charge >= 0.3 is 0 Å². The molecule has 5 nitrogen and oxygen atoms in total. The van der Waals surface area contributed by atoms with Crippen LogP contribution < -0.4 is 5.32 Å². The molecule has 2 heterocycles. The molecule has 0 aliphatic heterocycles. The summed E-state index contributed by atoms with van der Waals surface area (Å²) in [6.45, 7) is 7.68. The third-order valence-electron chi connectivity index (χ3n) is 3.43. The highest BCUT2D eigenvalue weighted by Gasteiger charge is 2.16. The van der Waals surface area contributed by atoms with E-state index in [1.54, 1.807) is 23.1 Å². The molecule has 0 atom stereocenters. The molecule has 0 aliphatic rings. The summed E-state index contributed by atoms with van der Waals surface area (Å²) in [5.74, 6) is 0.654. The lowest BCUT2D eigenvalue weighted by atomic mass is 10.1. The number of aryl methyl sites for hydroxylation is 2. The molecule has 1 aromatic carbocycles. The molecule has 8 heteroatoms. The van der Waals surface area contributed by atoms with Crippen LogP contribution in [0.5, 0.6) is 0 Å². The highest BCUT2D eigenvalue weighted by atomic mass is 32.2. The summed E-state index contributed by atoms with van der Waals surface area (Å²) < 4.78 is 0.814. The van der Waals surface area contributed by atoms with Crippen LogP contribution in [0.2, 0.25) is 0 Å². The lowest BCUT2D eigenvalue weighted by Crippen LogP contribution is -2.14. The maximum absolute atomic E-state index is 12.4.